The molecule has 0 aliphatic heterocycles. The molecule has 5 nitrogen and oxygen atoms in total. The second kappa shape index (κ2) is 5.89. The molecule has 1 heterocycles. The van der Waals surface area contributed by atoms with Crippen molar-refractivity contribution in [3.63, 3.8) is 0 Å². The Morgan fingerprint density at radius 1 is 1.00 bits per heavy atom. The van der Waals surface area contributed by atoms with Crippen LogP contribution in [0.5, 0.6) is 0 Å². The molecule has 0 fully saturated rings. The molecule has 0 atom stereocenters. The summed E-state index contributed by atoms with van der Waals surface area (Å²) >= 11 is 0. The highest BCUT2D eigenvalue weighted by Gasteiger charge is 2.22. The molecule has 0 amide bonds. The number of nitrogens with zero attached hydrogens (tertiary/aromatic N) is 1. The fourth-order valence-corrected chi connectivity index (χ4v) is 4.19. The third kappa shape index (κ3) is 3.12. The molecule has 0 aliphatic carbocycles. The first-order valence-corrected chi connectivity index (χ1v) is 8.69. The molecule has 2 aromatic carbocycles. The van der Waals surface area contributed by atoms with Crippen molar-refractivity contribution in [1.29, 1.82) is 0 Å². The molecule has 3 rings (SSSR count). The Morgan fingerprint density at radius 2 is 1.65 bits per heavy atom. The van der Waals surface area contributed by atoms with Gasteiger partial charge in [0.15, 0.2) is 9.84 Å². The molecule has 0 aliphatic rings. The van der Waals surface area contributed by atoms with Gasteiger partial charge >= 0.3 is 5.97 Å². The summed E-state index contributed by atoms with van der Waals surface area (Å²) in [5, 5.41) is 9.55. The molecular weight excluding hydrogens is 314 g/mol. The highest BCUT2D eigenvalue weighted by molar-refractivity contribution is 7.90. The van der Waals surface area contributed by atoms with Crippen LogP contribution in [-0.4, -0.2) is 24.1 Å². The van der Waals surface area contributed by atoms with Crippen LogP contribution in [0.15, 0.2) is 65.7 Å². The number of carboxylic acid groups (broad SMARTS) is 1. The second-order valence-corrected chi connectivity index (χ2v) is 7.23. The first-order valence-electron chi connectivity index (χ1n) is 7.04. The van der Waals surface area contributed by atoms with Crippen molar-refractivity contribution >= 4 is 26.7 Å². The number of para-hydroxylation sites is 1. The Bertz CT molecular complexity index is 959. The van der Waals surface area contributed by atoms with Gasteiger partial charge in [-0.05, 0) is 11.6 Å². The van der Waals surface area contributed by atoms with Gasteiger partial charge in [0, 0.05) is 17.1 Å². The smallest absolute Gasteiger partial charge is 0.323 e. The maximum atomic E-state index is 12.8. The highest BCUT2D eigenvalue weighted by Crippen LogP contribution is 2.28. The number of fused-ring (bicyclic) bond motifs is 1. The van der Waals surface area contributed by atoms with E-state index < -0.39 is 15.8 Å². The number of hydrogen-bond donors (Lipinski definition) is 1. The van der Waals surface area contributed by atoms with Crippen LogP contribution in [0.2, 0.25) is 0 Å². The van der Waals surface area contributed by atoms with Crippen LogP contribution in [0.25, 0.3) is 10.9 Å². The summed E-state index contributed by atoms with van der Waals surface area (Å²) in [5.74, 6) is -1.13. The second-order valence-electron chi connectivity index (χ2n) is 5.28. The van der Waals surface area contributed by atoms with E-state index in [2.05, 4.69) is 0 Å². The maximum absolute atomic E-state index is 12.8. The van der Waals surface area contributed by atoms with Gasteiger partial charge in [0.05, 0.1) is 10.6 Å². The Hall–Kier alpha value is -2.60. The standard InChI is InChI=1S/C17H15NO4S/c19-17(20)11-18-10-16(14-8-4-5-9-15(14)18)23(21,22)12-13-6-2-1-3-7-13/h1-10H,11-12H2,(H,19,20). The van der Waals surface area contributed by atoms with Crippen LogP contribution in [0.1, 0.15) is 5.56 Å². The minimum atomic E-state index is -3.57. The molecule has 0 radical (unpaired) electrons. The van der Waals surface area contributed by atoms with Gasteiger partial charge in [-0.25, -0.2) is 8.42 Å². The summed E-state index contributed by atoms with van der Waals surface area (Å²) in [5.41, 5.74) is 1.30. The molecule has 1 aromatic heterocycles. The SMILES string of the molecule is O=C(O)Cn1cc(S(=O)(=O)Cc2ccccc2)c2ccccc21. The van der Waals surface area contributed by atoms with Gasteiger partial charge in [0.1, 0.15) is 6.54 Å². The predicted molar refractivity (Wildman–Crippen MR) is 86.9 cm³/mol. The monoisotopic (exact) mass is 329 g/mol. The van der Waals surface area contributed by atoms with E-state index >= 15 is 0 Å². The van der Waals surface area contributed by atoms with Crippen molar-refractivity contribution in [2.75, 3.05) is 0 Å². The van der Waals surface area contributed by atoms with Crippen LogP contribution in [0, 0.1) is 0 Å². The number of hydrogen-bond acceptors (Lipinski definition) is 3. The molecule has 0 saturated heterocycles. The molecule has 118 valence electrons. The van der Waals surface area contributed by atoms with Crippen molar-refractivity contribution in [2.24, 2.45) is 0 Å². The van der Waals surface area contributed by atoms with Gasteiger partial charge in [-0.3, -0.25) is 4.79 Å². The van der Waals surface area contributed by atoms with Gasteiger partial charge in [-0.15, -0.1) is 0 Å². The Labute approximate surface area is 133 Å². The zero-order valence-electron chi connectivity index (χ0n) is 12.2. The zero-order chi connectivity index (χ0) is 16.4. The molecule has 0 unspecified atom stereocenters. The summed E-state index contributed by atoms with van der Waals surface area (Å²) in [6, 6.07) is 15.8. The van der Waals surface area contributed by atoms with E-state index in [4.69, 9.17) is 5.11 Å². The molecule has 0 spiro atoms. The van der Waals surface area contributed by atoms with Crippen molar-refractivity contribution in [3.8, 4) is 0 Å². The predicted octanol–water partition coefficient (Wildman–Crippen LogP) is 2.70. The number of aromatic nitrogens is 1. The van der Waals surface area contributed by atoms with Gasteiger partial charge in [-0.1, -0.05) is 48.5 Å². The van der Waals surface area contributed by atoms with E-state index in [0.29, 0.717) is 16.5 Å². The summed E-state index contributed by atoms with van der Waals surface area (Å²) in [6.45, 7) is -0.276. The van der Waals surface area contributed by atoms with Crippen LogP contribution < -0.4 is 0 Å². The lowest BCUT2D eigenvalue weighted by molar-refractivity contribution is -0.137. The number of carbonyl (C=O) groups is 1. The van der Waals surface area contributed by atoms with Crippen LogP contribution in [0.3, 0.4) is 0 Å². The number of aliphatic carboxylic acids is 1. The normalized spacial score (nSPS) is 11.7. The van der Waals surface area contributed by atoms with Crippen LogP contribution in [-0.2, 0) is 26.9 Å². The minimum absolute atomic E-state index is 0.116. The summed E-state index contributed by atoms with van der Waals surface area (Å²) < 4.78 is 27.0. The van der Waals surface area contributed by atoms with E-state index in [0.717, 1.165) is 0 Å². The number of rotatable bonds is 5. The Kier molecular flexibility index (Phi) is 3.92. The first-order chi connectivity index (χ1) is 11.0. The molecule has 6 heteroatoms. The fourth-order valence-electron chi connectivity index (χ4n) is 2.61. The summed E-state index contributed by atoms with van der Waals surface area (Å²) in [7, 11) is -3.57. The largest absolute Gasteiger partial charge is 0.480 e. The minimum Gasteiger partial charge on any atom is -0.480 e. The lowest BCUT2D eigenvalue weighted by Crippen LogP contribution is -2.08. The molecule has 0 saturated carbocycles. The maximum Gasteiger partial charge on any atom is 0.323 e. The first kappa shape index (κ1) is 15.3. The van der Waals surface area contributed by atoms with Crippen molar-refractivity contribution in [3.05, 3.63) is 66.4 Å². The van der Waals surface area contributed by atoms with Crippen LogP contribution in [0.4, 0.5) is 0 Å². The van der Waals surface area contributed by atoms with Crippen molar-refractivity contribution < 1.29 is 18.3 Å². The van der Waals surface area contributed by atoms with Crippen LogP contribution >= 0.6 is 0 Å². The van der Waals surface area contributed by atoms with Crippen molar-refractivity contribution in [1.82, 2.24) is 4.57 Å². The van der Waals surface area contributed by atoms with Gasteiger partial charge < -0.3 is 9.67 Å². The number of benzene rings is 2. The molecular formula is C17H15NO4S. The molecule has 1 N–H and O–H groups in total. The lowest BCUT2D eigenvalue weighted by atomic mass is 10.2. The zero-order valence-corrected chi connectivity index (χ0v) is 13.0. The average Bonchev–Trinajstić information content (AvgIpc) is 2.87. The van der Waals surface area contributed by atoms with E-state index in [1.54, 1.807) is 48.5 Å². The van der Waals surface area contributed by atoms with E-state index in [9.17, 15) is 13.2 Å². The van der Waals surface area contributed by atoms with E-state index in [1.807, 2.05) is 6.07 Å². The Balaban J connectivity index is 2.10. The number of sulfone groups is 1. The highest BCUT2D eigenvalue weighted by atomic mass is 32.2. The van der Waals surface area contributed by atoms with Gasteiger partial charge in [0.2, 0.25) is 0 Å². The third-order valence-electron chi connectivity index (χ3n) is 3.59. The van der Waals surface area contributed by atoms with Gasteiger partial charge in [-0.2, -0.15) is 0 Å². The number of carboxylic acids is 1. The molecule has 3 aromatic rings. The van der Waals surface area contributed by atoms with E-state index in [-0.39, 0.29) is 17.2 Å². The molecule has 0 bridgehead atoms. The molecule has 23 heavy (non-hydrogen) atoms. The van der Waals surface area contributed by atoms with Gasteiger partial charge in [0.25, 0.3) is 0 Å². The topological polar surface area (TPSA) is 76.4 Å². The van der Waals surface area contributed by atoms with E-state index in [1.165, 1.54) is 10.8 Å². The quantitative estimate of drug-likeness (QED) is 0.781. The lowest BCUT2D eigenvalue weighted by Gasteiger charge is -2.03. The summed E-state index contributed by atoms with van der Waals surface area (Å²) in [4.78, 5) is 11.2. The summed E-state index contributed by atoms with van der Waals surface area (Å²) in [6.07, 6.45) is 1.41. The fraction of sp³-hybridized carbons (Fsp3) is 0.118. The Morgan fingerprint density at radius 3 is 2.35 bits per heavy atom. The third-order valence-corrected chi connectivity index (χ3v) is 5.30. The average molecular weight is 329 g/mol. The van der Waals surface area contributed by atoms with Crippen molar-refractivity contribution in [2.45, 2.75) is 17.2 Å².